The van der Waals surface area contributed by atoms with E-state index < -0.39 is 0 Å². The number of fused-ring (bicyclic) bond motifs is 2. The Morgan fingerprint density at radius 3 is 2.80 bits per heavy atom. The summed E-state index contributed by atoms with van der Waals surface area (Å²) < 4.78 is 7.78. The smallest absolute Gasteiger partial charge is 0.0775 e. The molecule has 0 unspecified atom stereocenters. The Labute approximate surface area is 135 Å². The lowest BCUT2D eigenvalue weighted by molar-refractivity contribution is -0.265. The minimum Gasteiger partial charge on any atom is -0.393 e. The number of ether oxygens (including phenoxy) is 1. The number of allylic oxidation sites excluding steroid dienone is 1. The molecule has 1 aliphatic heterocycles. The Morgan fingerprint density at radius 1 is 1.30 bits per heavy atom. The normalized spacial score (nSPS) is 61.0. The molecule has 20 heavy (non-hydrogen) atoms. The summed E-state index contributed by atoms with van der Waals surface area (Å²) >= 11 is 2.55. The van der Waals surface area contributed by atoms with Gasteiger partial charge in [-0.1, -0.05) is 20.8 Å². The van der Waals surface area contributed by atoms with Crippen LogP contribution in [0.5, 0.6) is 0 Å². The van der Waals surface area contributed by atoms with Gasteiger partial charge in [-0.15, -0.1) is 0 Å². The molecule has 0 radical (unpaired) electrons. The van der Waals surface area contributed by atoms with Crippen LogP contribution in [0.3, 0.4) is 0 Å². The molecular weight excluding hydrogens is 363 g/mol. The summed E-state index contributed by atoms with van der Waals surface area (Å²) in [6.07, 6.45) is 7.31. The van der Waals surface area contributed by atoms with E-state index in [1.54, 1.807) is 0 Å². The van der Waals surface area contributed by atoms with Crippen molar-refractivity contribution in [2.75, 3.05) is 0 Å². The van der Waals surface area contributed by atoms with Crippen LogP contribution < -0.4 is 0 Å². The van der Waals surface area contributed by atoms with Crippen molar-refractivity contribution in [3.05, 3.63) is 9.66 Å². The van der Waals surface area contributed by atoms with Gasteiger partial charge in [0.05, 0.1) is 18.3 Å². The van der Waals surface area contributed by atoms with E-state index in [-0.39, 0.29) is 16.9 Å². The van der Waals surface area contributed by atoms with Crippen molar-refractivity contribution in [3.63, 3.8) is 0 Å². The molecule has 4 rings (SSSR count). The zero-order chi connectivity index (χ0) is 14.3. The maximum atomic E-state index is 11.0. The molecule has 1 saturated heterocycles. The largest absolute Gasteiger partial charge is 0.393 e. The third-order valence-electron chi connectivity index (χ3n) is 7.33. The van der Waals surface area contributed by atoms with Gasteiger partial charge in [0, 0.05) is 5.41 Å². The Bertz CT molecular complexity index is 470. The van der Waals surface area contributed by atoms with Crippen LogP contribution in [-0.2, 0) is 4.74 Å². The fourth-order valence-electron chi connectivity index (χ4n) is 6.34. The molecule has 0 aromatic heterocycles. The van der Waals surface area contributed by atoms with Crippen molar-refractivity contribution in [2.45, 2.75) is 64.8 Å². The first-order chi connectivity index (χ1) is 9.38. The number of halogens is 1. The molecule has 2 saturated carbocycles. The number of hydrogen-bond donors (Lipinski definition) is 1. The second kappa shape index (κ2) is 4.23. The van der Waals surface area contributed by atoms with Gasteiger partial charge in [0.15, 0.2) is 0 Å². The summed E-state index contributed by atoms with van der Waals surface area (Å²) in [5.41, 5.74) is 0.327. The predicted octanol–water partition coefficient (Wildman–Crippen LogP) is 3.92. The second-order valence-corrected chi connectivity index (χ2v) is 9.28. The van der Waals surface area contributed by atoms with Gasteiger partial charge in [-0.2, -0.15) is 0 Å². The van der Waals surface area contributed by atoms with Crippen molar-refractivity contribution >= 4 is 22.6 Å². The first-order valence-electron chi connectivity index (χ1n) is 8.09. The summed E-state index contributed by atoms with van der Waals surface area (Å²) in [5, 5.41) is 11.0. The van der Waals surface area contributed by atoms with Crippen molar-refractivity contribution in [1.29, 1.82) is 0 Å². The second-order valence-electron chi connectivity index (χ2n) is 8.04. The van der Waals surface area contributed by atoms with E-state index >= 15 is 0 Å². The molecular formula is C17H25IO2. The SMILES string of the molecule is C[C@H]1C[C@H](O)[C@]2(C)[C@@H](C)C[C@@H]3C[C@@]24C[C@@H](C=C(I)[C@@H]14)O3. The standard InChI is InChI=1S/C17H25IO2/c1-9-4-14(19)16(3)10(2)5-11-7-17(16)8-12(20-11)6-13(18)15(9)17/h6,9-12,14-15,19H,4-5,7-8H2,1-3H3/t9-,10-,11+,12+,14-,15+,16-,17-/m0/s1. The van der Waals surface area contributed by atoms with Gasteiger partial charge < -0.3 is 9.84 Å². The first kappa shape index (κ1) is 14.0. The highest BCUT2D eigenvalue weighted by Gasteiger charge is 2.68. The van der Waals surface area contributed by atoms with Gasteiger partial charge in [-0.3, -0.25) is 0 Å². The van der Waals surface area contributed by atoms with Crippen molar-refractivity contribution in [3.8, 4) is 0 Å². The van der Waals surface area contributed by atoms with Crippen LogP contribution in [-0.4, -0.2) is 23.4 Å². The number of aliphatic hydroxyl groups excluding tert-OH is 1. The molecule has 1 heterocycles. The topological polar surface area (TPSA) is 29.5 Å². The van der Waals surface area contributed by atoms with E-state index in [1.165, 1.54) is 3.58 Å². The molecule has 112 valence electrons. The Kier molecular flexibility index (Phi) is 2.96. The van der Waals surface area contributed by atoms with Gasteiger partial charge in [0.1, 0.15) is 0 Å². The zero-order valence-corrected chi connectivity index (χ0v) is 14.8. The third-order valence-corrected chi connectivity index (χ3v) is 8.36. The molecule has 1 N–H and O–H groups in total. The van der Waals surface area contributed by atoms with Gasteiger partial charge >= 0.3 is 0 Å². The highest BCUT2D eigenvalue weighted by Crippen LogP contribution is 2.71. The summed E-state index contributed by atoms with van der Waals surface area (Å²) in [7, 11) is 0. The van der Waals surface area contributed by atoms with Crippen molar-refractivity contribution in [1.82, 2.24) is 0 Å². The van der Waals surface area contributed by atoms with E-state index in [0.717, 1.165) is 25.7 Å². The molecule has 0 aromatic rings. The van der Waals surface area contributed by atoms with Crippen molar-refractivity contribution < 1.29 is 9.84 Å². The number of rotatable bonds is 0. The molecule has 0 aromatic carbocycles. The third kappa shape index (κ3) is 1.48. The van der Waals surface area contributed by atoms with Crippen LogP contribution in [0.1, 0.15) is 46.5 Å². The molecule has 8 atom stereocenters. The quantitative estimate of drug-likeness (QED) is 0.638. The Morgan fingerprint density at radius 2 is 2.05 bits per heavy atom. The summed E-state index contributed by atoms with van der Waals surface area (Å²) in [6.45, 7) is 7.08. The average Bonchev–Trinajstić information content (AvgIpc) is 2.33. The van der Waals surface area contributed by atoms with Crippen LogP contribution in [0.15, 0.2) is 9.66 Å². The van der Waals surface area contributed by atoms with E-state index in [2.05, 4.69) is 49.4 Å². The van der Waals surface area contributed by atoms with E-state index in [0.29, 0.717) is 30.0 Å². The molecule has 3 fully saturated rings. The van der Waals surface area contributed by atoms with Crippen LogP contribution in [0.2, 0.25) is 0 Å². The van der Waals surface area contributed by atoms with Gasteiger partial charge in [0.2, 0.25) is 0 Å². The minimum absolute atomic E-state index is 0.0629. The maximum Gasteiger partial charge on any atom is 0.0775 e. The summed E-state index contributed by atoms with van der Waals surface area (Å²) in [4.78, 5) is 0. The summed E-state index contributed by atoms with van der Waals surface area (Å²) in [6, 6.07) is 0. The van der Waals surface area contributed by atoms with Crippen LogP contribution in [0.4, 0.5) is 0 Å². The average molecular weight is 388 g/mol. The number of hydrogen-bond acceptors (Lipinski definition) is 2. The zero-order valence-electron chi connectivity index (χ0n) is 12.6. The van der Waals surface area contributed by atoms with Crippen LogP contribution in [0, 0.1) is 28.6 Å². The molecule has 3 heteroatoms. The molecule has 1 spiro atoms. The van der Waals surface area contributed by atoms with Crippen molar-refractivity contribution in [2.24, 2.45) is 28.6 Å². The first-order valence-corrected chi connectivity index (χ1v) is 9.17. The lowest BCUT2D eigenvalue weighted by atomic mass is 9.38. The Balaban J connectivity index is 1.93. The van der Waals surface area contributed by atoms with E-state index in [1.807, 2.05) is 0 Å². The van der Waals surface area contributed by atoms with E-state index in [9.17, 15) is 5.11 Å². The monoisotopic (exact) mass is 388 g/mol. The Hall–Kier alpha value is 0.390. The minimum atomic E-state index is -0.147. The fraction of sp³-hybridized carbons (Fsp3) is 0.882. The molecule has 0 amide bonds. The summed E-state index contributed by atoms with van der Waals surface area (Å²) in [5.74, 6) is 1.78. The molecule has 2 nitrogen and oxygen atoms in total. The lowest BCUT2D eigenvalue weighted by Crippen LogP contribution is -2.68. The lowest BCUT2D eigenvalue weighted by Gasteiger charge is -2.70. The van der Waals surface area contributed by atoms with Gasteiger partial charge in [0.25, 0.3) is 0 Å². The fourth-order valence-corrected chi connectivity index (χ4v) is 7.95. The van der Waals surface area contributed by atoms with E-state index in [4.69, 9.17) is 4.74 Å². The van der Waals surface area contributed by atoms with Crippen LogP contribution in [0.25, 0.3) is 0 Å². The van der Waals surface area contributed by atoms with Gasteiger partial charge in [-0.25, -0.2) is 0 Å². The highest BCUT2D eigenvalue weighted by atomic mass is 127. The molecule has 3 aliphatic carbocycles. The highest BCUT2D eigenvalue weighted by molar-refractivity contribution is 14.1. The maximum absolute atomic E-state index is 11.0. The predicted molar refractivity (Wildman–Crippen MR) is 87.6 cm³/mol. The molecule has 3 bridgehead atoms. The number of aliphatic hydroxyl groups is 1. The van der Waals surface area contributed by atoms with Crippen LogP contribution >= 0.6 is 22.6 Å². The van der Waals surface area contributed by atoms with Gasteiger partial charge in [-0.05, 0) is 81.1 Å². The molecule has 4 aliphatic rings.